The van der Waals surface area contributed by atoms with Gasteiger partial charge in [0.2, 0.25) is 5.43 Å². The van der Waals surface area contributed by atoms with Crippen molar-refractivity contribution in [3.05, 3.63) is 105 Å². The predicted octanol–water partition coefficient (Wildman–Crippen LogP) is 3.86. The van der Waals surface area contributed by atoms with Crippen LogP contribution in [0.4, 0.5) is 8.78 Å². The lowest BCUT2D eigenvalue weighted by molar-refractivity contribution is 0.00589. The van der Waals surface area contributed by atoms with Crippen LogP contribution in [-0.4, -0.2) is 45.1 Å². The Morgan fingerprint density at radius 1 is 1.13 bits per heavy atom. The summed E-state index contributed by atoms with van der Waals surface area (Å²) in [6, 6.07) is 10.9. The number of Topliss-reactive ketones (excluding diaryl/α,β-unsaturated/α-hetero) is 1. The summed E-state index contributed by atoms with van der Waals surface area (Å²) in [5, 5.41) is 10.7. The van der Waals surface area contributed by atoms with E-state index in [1.165, 1.54) is 22.4 Å². The van der Waals surface area contributed by atoms with Gasteiger partial charge in [-0.3, -0.25) is 14.4 Å². The topological polar surface area (TPSA) is 88.8 Å². The zero-order valence-electron chi connectivity index (χ0n) is 20.3. The van der Waals surface area contributed by atoms with Crippen LogP contribution in [0, 0.1) is 11.6 Å². The third kappa shape index (κ3) is 4.03. The maximum absolute atomic E-state index is 14.0. The minimum Gasteiger partial charge on any atom is -0.503 e. The molecule has 2 aliphatic heterocycles. The number of pyridine rings is 1. The van der Waals surface area contributed by atoms with Gasteiger partial charge in [-0.05, 0) is 47.6 Å². The first-order valence-electron chi connectivity index (χ1n) is 12.5. The molecule has 2 aromatic carbocycles. The second-order valence-corrected chi connectivity index (χ2v) is 9.83. The maximum atomic E-state index is 14.0. The summed E-state index contributed by atoms with van der Waals surface area (Å²) < 4.78 is 34.4. The van der Waals surface area contributed by atoms with Crippen molar-refractivity contribution in [2.75, 3.05) is 6.61 Å². The Labute approximate surface area is 216 Å². The molecule has 0 spiro atoms. The largest absolute Gasteiger partial charge is 0.503 e. The number of carbonyl (C=O) groups excluding carboxylic acids is 2. The van der Waals surface area contributed by atoms with Gasteiger partial charge in [-0.2, -0.15) is 0 Å². The van der Waals surface area contributed by atoms with Crippen molar-refractivity contribution < 1.29 is 28.2 Å². The van der Waals surface area contributed by atoms with E-state index in [2.05, 4.69) is 18.2 Å². The Balaban J connectivity index is 1.23. The van der Waals surface area contributed by atoms with Gasteiger partial charge in [0.25, 0.3) is 5.91 Å². The quantitative estimate of drug-likeness (QED) is 0.501. The number of ether oxygens (including phenoxy) is 1. The van der Waals surface area contributed by atoms with Crippen LogP contribution in [0.3, 0.4) is 0 Å². The fourth-order valence-corrected chi connectivity index (χ4v) is 5.63. The zero-order chi connectivity index (χ0) is 26.6. The van der Waals surface area contributed by atoms with Gasteiger partial charge in [-0.1, -0.05) is 36.4 Å². The highest BCUT2D eigenvalue weighted by atomic mass is 19.1. The molecule has 1 N–H and O–H groups in total. The van der Waals surface area contributed by atoms with Gasteiger partial charge >= 0.3 is 0 Å². The lowest BCUT2D eigenvalue weighted by atomic mass is 9.98. The van der Waals surface area contributed by atoms with Gasteiger partial charge in [0, 0.05) is 18.7 Å². The molecule has 2 atom stereocenters. The van der Waals surface area contributed by atoms with Crippen LogP contribution in [0.2, 0.25) is 0 Å². The second-order valence-electron chi connectivity index (χ2n) is 9.83. The summed E-state index contributed by atoms with van der Waals surface area (Å²) in [4.78, 5) is 40.9. The first-order valence-corrected chi connectivity index (χ1v) is 12.5. The number of allylic oxidation sites excluding steroid dienone is 1. The summed E-state index contributed by atoms with van der Waals surface area (Å²) in [6.07, 6.45) is 3.96. The number of fused-ring (bicyclic) bond motifs is 3. The molecule has 194 valence electrons. The maximum Gasteiger partial charge on any atom is 0.276 e. The normalized spacial score (nSPS) is 19.7. The molecular formula is C29H24F2N2O5. The van der Waals surface area contributed by atoms with Gasteiger partial charge in [0.1, 0.15) is 11.6 Å². The fourth-order valence-electron chi connectivity index (χ4n) is 5.63. The number of aryl methyl sites for hydroxylation is 1. The van der Waals surface area contributed by atoms with Crippen molar-refractivity contribution in [2.24, 2.45) is 0 Å². The van der Waals surface area contributed by atoms with Crippen LogP contribution < -0.4 is 5.43 Å². The van der Waals surface area contributed by atoms with E-state index in [-0.39, 0.29) is 42.2 Å². The van der Waals surface area contributed by atoms with Crippen LogP contribution in [0.1, 0.15) is 50.4 Å². The second kappa shape index (κ2) is 9.33. The predicted molar refractivity (Wildman–Crippen MR) is 134 cm³/mol. The Kier molecular flexibility index (Phi) is 5.95. The molecule has 1 saturated heterocycles. The Hall–Kier alpha value is -4.11. The number of aromatic hydroxyl groups is 1. The smallest absolute Gasteiger partial charge is 0.276 e. The van der Waals surface area contributed by atoms with Crippen LogP contribution in [0.25, 0.3) is 5.57 Å². The van der Waals surface area contributed by atoms with Crippen molar-refractivity contribution in [3.63, 3.8) is 0 Å². The van der Waals surface area contributed by atoms with E-state index in [1.807, 2.05) is 12.1 Å². The summed E-state index contributed by atoms with van der Waals surface area (Å²) in [5.41, 5.74) is 2.24. The molecule has 1 amide bonds. The van der Waals surface area contributed by atoms with Gasteiger partial charge < -0.3 is 19.3 Å². The molecule has 1 aromatic heterocycles. The molecular weight excluding hydrogens is 494 g/mol. The van der Waals surface area contributed by atoms with E-state index in [9.17, 15) is 28.3 Å². The summed E-state index contributed by atoms with van der Waals surface area (Å²) >= 11 is 0. The van der Waals surface area contributed by atoms with Gasteiger partial charge in [0.15, 0.2) is 23.5 Å². The average molecular weight is 519 g/mol. The standard InChI is InChI=1S/C29H24F2N2O5/c30-19-9-7-17(23(31)12-19)8-10-24(34)22-13-32-14-25-33(29(37)26(32)28(36)27(22)35)20(15-38-25)11-18-6-5-16-3-1-2-4-21(16)18/h1-4,6-7,9,12-13,20,25,36H,5,8,10-11,14-15H2/t20-,25+/m0/s1. The first-order chi connectivity index (χ1) is 18.3. The molecule has 0 saturated carbocycles. The first kappa shape index (κ1) is 24.2. The van der Waals surface area contributed by atoms with Crippen LogP contribution in [0.5, 0.6) is 5.75 Å². The molecule has 3 aromatic rings. The van der Waals surface area contributed by atoms with E-state index in [0.29, 0.717) is 13.0 Å². The molecule has 38 heavy (non-hydrogen) atoms. The summed E-state index contributed by atoms with van der Waals surface area (Å²) in [6.45, 7) is 0.457. The Bertz CT molecular complexity index is 1580. The highest BCUT2D eigenvalue weighted by Gasteiger charge is 2.45. The number of hydrogen-bond acceptors (Lipinski definition) is 5. The van der Waals surface area contributed by atoms with Gasteiger partial charge in [-0.25, -0.2) is 8.78 Å². The van der Waals surface area contributed by atoms with Gasteiger partial charge in [0.05, 0.1) is 24.8 Å². The molecule has 6 rings (SSSR count). The summed E-state index contributed by atoms with van der Waals surface area (Å²) in [5.74, 6) is -3.44. The Morgan fingerprint density at radius 3 is 2.76 bits per heavy atom. The van der Waals surface area contributed by atoms with Crippen molar-refractivity contribution in [1.29, 1.82) is 0 Å². The van der Waals surface area contributed by atoms with Crippen LogP contribution >= 0.6 is 0 Å². The highest BCUT2D eigenvalue weighted by Crippen LogP contribution is 2.36. The third-order valence-electron chi connectivity index (χ3n) is 7.55. The number of halogens is 2. The van der Waals surface area contributed by atoms with Crippen molar-refractivity contribution >= 4 is 17.3 Å². The van der Waals surface area contributed by atoms with Crippen molar-refractivity contribution in [1.82, 2.24) is 9.47 Å². The lowest BCUT2D eigenvalue weighted by Gasteiger charge is -2.35. The number of carbonyl (C=O) groups is 2. The van der Waals surface area contributed by atoms with E-state index in [4.69, 9.17) is 4.74 Å². The highest BCUT2D eigenvalue weighted by molar-refractivity contribution is 6.00. The fraction of sp³-hybridized carbons (Fsp3) is 0.276. The molecule has 9 heteroatoms. The molecule has 0 unspecified atom stereocenters. The molecule has 0 bridgehead atoms. The number of amides is 1. The lowest BCUT2D eigenvalue weighted by Crippen LogP contribution is -2.49. The number of rotatable bonds is 6. The molecule has 1 fully saturated rings. The van der Waals surface area contributed by atoms with E-state index >= 15 is 0 Å². The van der Waals surface area contributed by atoms with E-state index in [1.54, 1.807) is 4.90 Å². The SMILES string of the molecule is O=C(CCc1ccc(F)cc1F)c1cn2c(c(O)c1=O)C(=O)N1[C@@H](CC3=CCc4ccccc43)CO[C@@H]1C2. The Morgan fingerprint density at radius 2 is 1.95 bits per heavy atom. The minimum atomic E-state index is -0.947. The van der Waals surface area contributed by atoms with Crippen molar-refractivity contribution in [3.8, 4) is 5.75 Å². The van der Waals surface area contributed by atoms with E-state index < -0.39 is 40.7 Å². The average Bonchev–Trinajstić information content (AvgIpc) is 3.50. The minimum absolute atomic E-state index is 0.0496. The number of benzene rings is 2. The molecule has 3 heterocycles. The monoisotopic (exact) mass is 518 g/mol. The zero-order valence-corrected chi connectivity index (χ0v) is 20.3. The van der Waals surface area contributed by atoms with Crippen molar-refractivity contribution in [2.45, 2.75) is 44.5 Å². The summed E-state index contributed by atoms with van der Waals surface area (Å²) in [7, 11) is 0. The third-order valence-corrected chi connectivity index (χ3v) is 7.55. The number of hydrogen-bond donors (Lipinski definition) is 1. The number of aromatic nitrogens is 1. The van der Waals surface area contributed by atoms with E-state index in [0.717, 1.165) is 29.7 Å². The number of ketones is 1. The van der Waals surface area contributed by atoms with Crippen LogP contribution in [0.15, 0.2) is 59.5 Å². The molecule has 0 radical (unpaired) electrons. The molecule has 3 aliphatic rings. The number of nitrogens with zero attached hydrogens (tertiary/aromatic N) is 2. The van der Waals surface area contributed by atoms with Crippen LogP contribution in [-0.2, 0) is 24.1 Å². The molecule has 1 aliphatic carbocycles. The van der Waals surface area contributed by atoms with Gasteiger partial charge in [-0.15, -0.1) is 0 Å². The molecule has 7 nitrogen and oxygen atoms in total.